The first-order valence-electron chi connectivity index (χ1n) is 7.19. The van der Waals surface area contributed by atoms with Gasteiger partial charge in [0.2, 0.25) is 5.91 Å². The summed E-state index contributed by atoms with van der Waals surface area (Å²) in [5.41, 5.74) is 0.385. The maximum Gasteiger partial charge on any atom is 0.348 e. The molecule has 1 aromatic heterocycles. The Kier molecular flexibility index (Phi) is 5.81. The second kappa shape index (κ2) is 7.66. The minimum atomic E-state index is -4.06. The predicted molar refractivity (Wildman–Crippen MR) is 92.7 cm³/mol. The zero-order valence-electron chi connectivity index (χ0n) is 13.9. The topological polar surface area (TPSA) is 98.8 Å². The number of nitrogens with one attached hydrogen (secondary N) is 1. The summed E-state index contributed by atoms with van der Waals surface area (Å²) >= 11 is 1.000. The third-order valence-electron chi connectivity index (χ3n) is 3.16. The van der Waals surface area contributed by atoms with E-state index in [1.165, 1.54) is 45.2 Å². The summed E-state index contributed by atoms with van der Waals surface area (Å²) in [6.45, 7) is 3.02. The van der Waals surface area contributed by atoms with Gasteiger partial charge in [-0.25, -0.2) is 0 Å². The number of rotatable bonds is 7. The highest BCUT2D eigenvalue weighted by Crippen LogP contribution is 2.32. The SMILES string of the molecule is COc1cc(C(C)=O)ccc1OS(=O)(=O)c1ccc(CNC(C)=O)s1. The number of carbonyl (C=O) groups excluding carboxylic acids is 2. The van der Waals surface area contributed by atoms with Crippen molar-refractivity contribution in [3.63, 3.8) is 0 Å². The highest BCUT2D eigenvalue weighted by molar-refractivity contribution is 7.89. The number of ether oxygens (including phenoxy) is 1. The van der Waals surface area contributed by atoms with Gasteiger partial charge >= 0.3 is 10.1 Å². The molecule has 25 heavy (non-hydrogen) atoms. The van der Waals surface area contributed by atoms with Crippen molar-refractivity contribution < 1.29 is 26.9 Å². The quantitative estimate of drug-likeness (QED) is 0.582. The first-order chi connectivity index (χ1) is 11.7. The molecule has 2 rings (SSSR count). The number of hydrogen-bond donors (Lipinski definition) is 1. The summed E-state index contributed by atoms with van der Waals surface area (Å²) in [5.74, 6) is -0.242. The predicted octanol–water partition coefficient (Wildman–Crippen LogP) is 2.36. The van der Waals surface area contributed by atoms with Crippen molar-refractivity contribution >= 4 is 33.1 Å². The van der Waals surface area contributed by atoms with Crippen molar-refractivity contribution in [3.8, 4) is 11.5 Å². The molecule has 0 fully saturated rings. The van der Waals surface area contributed by atoms with Crippen LogP contribution in [0, 0.1) is 0 Å². The molecule has 0 aliphatic carbocycles. The summed E-state index contributed by atoms with van der Waals surface area (Å²) in [7, 11) is -2.70. The van der Waals surface area contributed by atoms with Crippen molar-refractivity contribution in [1.82, 2.24) is 5.32 Å². The molecule has 1 amide bonds. The summed E-state index contributed by atoms with van der Waals surface area (Å²) in [5, 5.41) is 2.60. The van der Waals surface area contributed by atoms with Gasteiger partial charge in [-0.3, -0.25) is 9.59 Å². The number of methoxy groups -OCH3 is 1. The van der Waals surface area contributed by atoms with Crippen molar-refractivity contribution in [2.24, 2.45) is 0 Å². The van der Waals surface area contributed by atoms with Gasteiger partial charge in [-0.05, 0) is 37.3 Å². The van der Waals surface area contributed by atoms with Crippen LogP contribution in [-0.2, 0) is 21.5 Å². The normalized spacial score (nSPS) is 11.0. The van der Waals surface area contributed by atoms with E-state index in [9.17, 15) is 18.0 Å². The Morgan fingerprint density at radius 3 is 2.44 bits per heavy atom. The van der Waals surface area contributed by atoms with Crippen LogP contribution in [0.1, 0.15) is 29.1 Å². The first-order valence-corrected chi connectivity index (χ1v) is 9.42. The van der Waals surface area contributed by atoms with Gasteiger partial charge < -0.3 is 14.2 Å². The second-order valence-corrected chi connectivity index (χ2v) is 8.03. The maximum absolute atomic E-state index is 12.4. The Labute approximate surface area is 149 Å². The van der Waals surface area contributed by atoms with Gasteiger partial charge in [-0.15, -0.1) is 11.3 Å². The highest BCUT2D eigenvalue weighted by Gasteiger charge is 2.22. The molecule has 0 saturated heterocycles. The van der Waals surface area contributed by atoms with Crippen LogP contribution in [0.25, 0.3) is 0 Å². The van der Waals surface area contributed by atoms with Crippen LogP contribution < -0.4 is 14.2 Å². The van der Waals surface area contributed by atoms with Crippen LogP contribution >= 0.6 is 11.3 Å². The molecular weight excluding hydrogens is 366 g/mol. The Morgan fingerprint density at radius 2 is 1.84 bits per heavy atom. The lowest BCUT2D eigenvalue weighted by Gasteiger charge is -2.10. The Morgan fingerprint density at radius 1 is 1.12 bits per heavy atom. The van der Waals surface area contributed by atoms with Crippen molar-refractivity contribution in [2.45, 2.75) is 24.6 Å². The minimum Gasteiger partial charge on any atom is -0.493 e. The summed E-state index contributed by atoms with van der Waals surface area (Å²) in [6, 6.07) is 7.27. The number of amides is 1. The molecule has 1 heterocycles. The number of ketones is 1. The number of hydrogen-bond acceptors (Lipinski definition) is 7. The van der Waals surface area contributed by atoms with E-state index in [0.29, 0.717) is 10.4 Å². The smallest absolute Gasteiger partial charge is 0.348 e. The Balaban J connectivity index is 2.24. The first kappa shape index (κ1) is 18.9. The number of carbonyl (C=O) groups is 2. The van der Waals surface area contributed by atoms with Crippen molar-refractivity contribution in [3.05, 3.63) is 40.8 Å². The monoisotopic (exact) mass is 383 g/mol. The fourth-order valence-corrected chi connectivity index (χ4v) is 4.11. The number of Topliss-reactive ketones (excluding diaryl/α,β-unsaturated/α-hetero) is 1. The molecule has 9 heteroatoms. The molecule has 0 spiro atoms. The Hall–Kier alpha value is -2.39. The molecule has 1 N–H and O–H groups in total. The molecule has 0 aliphatic heterocycles. The van der Waals surface area contributed by atoms with Gasteiger partial charge in [0.15, 0.2) is 21.5 Å². The molecule has 1 aromatic carbocycles. The third-order valence-corrected chi connectivity index (χ3v) is 5.93. The van der Waals surface area contributed by atoms with E-state index < -0.39 is 10.1 Å². The molecule has 0 saturated carbocycles. The molecule has 7 nitrogen and oxygen atoms in total. The third kappa shape index (κ3) is 4.80. The Bertz CT molecular complexity index is 901. The number of thiophene rings is 1. The van der Waals surface area contributed by atoms with Crippen LogP contribution in [0.5, 0.6) is 11.5 Å². The van der Waals surface area contributed by atoms with Crippen molar-refractivity contribution in [1.29, 1.82) is 0 Å². The molecule has 0 unspecified atom stereocenters. The van der Waals surface area contributed by atoms with E-state index in [-0.39, 0.29) is 33.9 Å². The minimum absolute atomic E-state index is 0.00514. The fraction of sp³-hybridized carbons (Fsp3) is 0.250. The average Bonchev–Trinajstić information content (AvgIpc) is 3.02. The van der Waals surface area contributed by atoms with E-state index in [0.717, 1.165) is 11.3 Å². The summed E-state index contributed by atoms with van der Waals surface area (Å²) in [4.78, 5) is 23.0. The fourth-order valence-electron chi connectivity index (χ4n) is 1.91. The molecule has 0 bridgehead atoms. The van der Waals surface area contributed by atoms with Crippen LogP contribution in [0.3, 0.4) is 0 Å². The summed E-state index contributed by atoms with van der Waals surface area (Å²) in [6.07, 6.45) is 0. The van der Waals surface area contributed by atoms with Gasteiger partial charge in [0.1, 0.15) is 0 Å². The molecule has 0 radical (unpaired) electrons. The highest BCUT2D eigenvalue weighted by atomic mass is 32.3. The van der Waals surface area contributed by atoms with Crippen LogP contribution in [0.15, 0.2) is 34.5 Å². The molecule has 134 valence electrons. The lowest BCUT2D eigenvalue weighted by Crippen LogP contribution is -2.18. The van der Waals surface area contributed by atoms with Crippen LogP contribution in [0.4, 0.5) is 0 Å². The van der Waals surface area contributed by atoms with E-state index in [1.54, 1.807) is 6.07 Å². The molecule has 2 aromatic rings. The van der Waals surface area contributed by atoms with Gasteiger partial charge in [-0.1, -0.05) is 0 Å². The lowest BCUT2D eigenvalue weighted by molar-refractivity contribution is -0.119. The maximum atomic E-state index is 12.4. The van der Waals surface area contributed by atoms with E-state index in [4.69, 9.17) is 8.92 Å². The number of benzene rings is 1. The van der Waals surface area contributed by atoms with Crippen LogP contribution in [-0.4, -0.2) is 27.2 Å². The largest absolute Gasteiger partial charge is 0.493 e. The van der Waals surface area contributed by atoms with Gasteiger partial charge in [0.05, 0.1) is 13.7 Å². The second-order valence-electron chi connectivity index (χ2n) is 5.09. The standard InChI is InChI=1S/C16H17NO6S2/c1-10(18)12-4-6-14(15(8-12)22-3)23-25(20,21)16-7-5-13(24-16)9-17-11(2)19/h4-8H,9H2,1-3H3,(H,17,19). The summed E-state index contributed by atoms with van der Waals surface area (Å²) < 4.78 is 35.1. The van der Waals surface area contributed by atoms with Gasteiger partial charge in [0, 0.05) is 17.4 Å². The average molecular weight is 383 g/mol. The van der Waals surface area contributed by atoms with E-state index in [2.05, 4.69) is 5.32 Å². The van der Waals surface area contributed by atoms with E-state index in [1.807, 2.05) is 0 Å². The zero-order chi connectivity index (χ0) is 18.6. The molecular formula is C16H17NO6S2. The van der Waals surface area contributed by atoms with Crippen molar-refractivity contribution in [2.75, 3.05) is 7.11 Å². The molecule has 0 atom stereocenters. The lowest BCUT2D eigenvalue weighted by atomic mass is 10.1. The zero-order valence-corrected chi connectivity index (χ0v) is 15.5. The van der Waals surface area contributed by atoms with E-state index >= 15 is 0 Å². The van der Waals surface area contributed by atoms with Crippen LogP contribution in [0.2, 0.25) is 0 Å². The van der Waals surface area contributed by atoms with Gasteiger partial charge in [0.25, 0.3) is 0 Å². The van der Waals surface area contributed by atoms with Gasteiger partial charge in [-0.2, -0.15) is 8.42 Å². The molecule has 0 aliphatic rings.